The number of fused-ring (bicyclic) bond motifs is 2. The molecule has 0 bridgehead atoms. The zero-order valence-corrected chi connectivity index (χ0v) is 13.8. The molecule has 0 amide bonds. The average molecular weight is 369 g/mol. The van der Waals surface area contributed by atoms with Gasteiger partial charge in [-0.1, -0.05) is 0 Å². The van der Waals surface area contributed by atoms with Crippen LogP contribution in [0.1, 0.15) is 12.6 Å². The predicted octanol–water partition coefficient (Wildman–Crippen LogP) is 0.673. The van der Waals surface area contributed by atoms with Gasteiger partial charge in [0.2, 0.25) is 5.60 Å². The zero-order chi connectivity index (χ0) is 18.0. The fourth-order valence-corrected chi connectivity index (χ4v) is 4.32. The van der Waals surface area contributed by atoms with Crippen molar-refractivity contribution < 1.29 is 27.6 Å². The molecule has 0 spiro atoms. The van der Waals surface area contributed by atoms with Crippen molar-refractivity contribution in [2.75, 3.05) is 12.3 Å². The molecule has 4 heterocycles. The van der Waals surface area contributed by atoms with Gasteiger partial charge in [0, 0.05) is 0 Å². The highest BCUT2D eigenvalue weighted by Gasteiger charge is 2.70. The summed E-state index contributed by atoms with van der Waals surface area (Å²) in [5.74, 6) is 0.143. The van der Waals surface area contributed by atoms with Crippen LogP contribution in [0.5, 0.6) is 0 Å². The number of rotatable bonds is 1. The van der Waals surface area contributed by atoms with E-state index in [1.165, 1.54) is 16.6 Å². The topological polar surface area (TPSA) is 145 Å². The van der Waals surface area contributed by atoms with Crippen molar-refractivity contribution in [1.29, 1.82) is 5.26 Å². The summed E-state index contributed by atoms with van der Waals surface area (Å²) in [6.07, 6.45) is -1.36. The summed E-state index contributed by atoms with van der Waals surface area (Å²) in [4.78, 5) is 13.3. The third-order valence-electron chi connectivity index (χ3n) is 4.54. The van der Waals surface area contributed by atoms with Gasteiger partial charge < -0.3 is 15.4 Å². The molecule has 5 atom stereocenters. The lowest BCUT2D eigenvalue weighted by atomic mass is 9.82. The summed E-state index contributed by atoms with van der Waals surface area (Å²) in [6.45, 7) is 0.692. The van der Waals surface area contributed by atoms with E-state index in [-0.39, 0.29) is 18.1 Å². The van der Waals surface area contributed by atoms with Crippen LogP contribution in [-0.2, 0) is 24.0 Å². The number of ether oxygens (including phenoxy) is 1. The van der Waals surface area contributed by atoms with Crippen LogP contribution >= 0.6 is 7.82 Å². The van der Waals surface area contributed by atoms with Crippen LogP contribution in [0.15, 0.2) is 18.5 Å². The molecule has 2 aromatic heterocycles. The molecule has 12 heteroatoms. The molecule has 1 unspecified atom stereocenters. The number of aromatic nitrogens is 3. The van der Waals surface area contributed by atoms with Gasteiger partial charge in [-0.05, 0) is 19.1 Å². The van der Waals surface area contributed by atoms with E-state index in [1.54, 1.807) is 0 Å². The van der Waals surface area contributed by atoms with Crippen molar-refractivity contribution in [3.8, 4) is 6.07 Å². The van der Waals surface area contributed by atoms with E-state index in [1.807, 2.05) is 6.07 Å². The molecule has 3 N–H and O–H groups in total. The van der Waals surface area contributed by atoms with Gasteiger partial charge in [-0.3, -0.25) is 9.05 Å². The van der Waals surface area contributed by atoms with Crippen LogP contribution in [0, 0.1) is 11.3 Å². The Balaban J connectivity index is 1.91. The van der Waals surface area contributed by atoms with Crippen LogP contribution in [0.4, 0.5) is 10.2 Å². The normalized spacial score (nSPS) is 40.7. The number of nitrogen functional groups attached to an aromatic ring is 1. The van der Waals surface area contributed by atoms with E-state index in [0.717, 1.165) is 13.3 Å². The van der Waals surface area contributed by atoms with Crippen LogP contribution in [-0.4, -0.2) is 44.0 Å². The second-order valence-electron chi connectivity index (χ2n) is 5.98. The molecule has 132 valence electrons. The lowest BCUT2D eigenvalue weighted by Crippen LogP contribution is -2.50. The Morgan fingerprint density at radius 3 is 3.08 bits per heavy atom. The van der Waals surface area contributed by atoms with Gasteiger partial charge in [-0.2, -0.15) is 10.4 Å². The number of anilines is 1. The first-order chi connectivity index (χ1) is 11.7. The van der Waals surface area contributed by atoms with Gasteiger partial charge in [0.15, 0.2) is 11.5 Å². The molecular formula is C13H13FN5O5P. The Labute approximate surface area is 140 Å². The molecule has 2 aliphatic rings. The summed E-state index contributed by atoms with van der Waals surface area (Å²) >= 11 is 0. The highest BCUT2D eigenvalue weighted by molar-refractivity contribution is 7.47. The lowest BCUT2D eigenvalue weighted by Gasteiger charge is -2.33. The van der Waals surface area contributed by atoms with E-state index >= 15 is 4.39 Å². The Morgan fingerprint density at radius 1 is 1.60 bits per heavy atom. The lowest BCUT2D eigenvalue weighted by molar-refractivity contribution is -0.0761. The molecule has 2 fully saturated rings. The van der Waals surface area contributed by atoms with Crippen molar-refractivity contribution in [2.45, 2.75) is 30.4 Å². The third-order valence-corrected chi connectivity index (χ3v) is 5.51. The number of alkyl halides is 1. The molecule has 0 saturated carbocycles. The van der Waals surface area contributed by atoms with Crippen LogP contribution in [0.2, 0.25) is 0 Å². The molecule has 0 aliphatic carbocycles. The molecular weight excluding hydrogens is 356 g/mol. The quantitative estimate of drug-likeness (QED) is 0.693. The van der Waals surface area contributed by atoms with E-state index in [0.29, 0.717) is 5.52 Å². The van der Waals surface area contributed by atoms with Crippen molar-refractivity contribution in [1.82, 2.24) is 14.6 Å². The van der Waals surface area contributed by atoms with Crippen LogP contribution in [0.25, 0.3) is 5.52 Å². The van der Waals surface area contributed by atoms with Crippen molar-refractivity contribution in [3.05, 3.63) is 24.2 Å². The zero-order valence-electron chi connectivity index (χ0n) is 12.9. The second kappa shape index (κ2) is 4.97. The van der Waals surface area contributed by atoms with Crippen molar-refractivity contribution in [3.63, 3.8) is 0 Å². The minimum absolute atomic E-state index is 0.0647. The van der Waals surface area contributed by atoms with Gasteiger partial charge >= 0.3 is 7.82 Å². The molecule has 2 aliphatic heterocycles. The number of nitrogens with zero attached hydrogens (tertiary/aromatic N) is 4. The predicted molar refractivity (Wildman–Crippen MR) is 79.7 cm³/mol. The standard InChI is InChI=1S/C13H13FN5O5P/c1-12(14)10-8(4-22-25(20,21)24-10)23-13(12,5-15)9-3-2-7-11(16)17-6-18-19(7)9/h2-3,6,8,10H,4H2,1H3,(H,20,21)(H2,16,17,18)/t8-,10-,12-,13+/m1/s1. The largest absolute Gasteiger partial charge is 0.472 e. The fraction of sp³-hybridized carbons (Fsp3) is 0.462. The highest BCUT2D eigenvalue weighted by atomic mass is 31.2. The number of hydrogen-bond acceptors (Lipinski definition) is 8. The van der Waals surface area contributed by atoms with Crippen molar-refractivity contribution >= 4 is 19.2 Å². The summed E-state index contributed by atoms with van der Waals surface area (Å²) in [6, 6.07) is 4.81. The second-order valence-corrected chi connectivity index (χ2v) is 7.38. The van der Waals surface area contributed by atoms with Crippen molar-refractivity contribution in [2.24, 2.45) is 0 Å². The Morgan fingerprint density at radius 2 is 2.36 bits per heavy atom. The van der Waals surface area contributed by atoms with Gasteiger partial charge in [-0.25, -0.2) is 18.5 Å². The van der Waals surface area contributed by atoms with Crippen LogP contribution in [0.3, 0.4) is 0 Å². The maximum absolute atomic E-state index is 15.8. The average Bonchev–Trinajstić information content (AvgIpc) is 3.07. The Kier molecular flexibility index (Phi) is 3.26. The third kappa shape index (κ3) is 2.06. The number of nitriles is 1. The number of phosphoric ester groups is 1. The molecule has 10 nitrogen and oxygen atoms in total. The molecule has 2 saturated heterocycles. The maximum atomic E-state index is 15.8. The first-order valence-electron chi connectivity index (χ1n) is 7.24. The monoisotopic (exact) mass is 369 g/mol. The van der Waals surface area contributed by atoms with Gasteiger partial charge in [0.1, 0.15) is 30.1 Å². The first-order valence-corrected chi connectivity index (χ1v) is 8.74. The summed E-state index contributed by atoms with van der Waals surface area (Å²) < 4.78 is 43.9. The number of nitrogens with two attached hydrogens (primary N) is 1. The van der Waals surface area contributed by atoms with Gasteiger partial charge in [-0.15, -0.1) is 0 Å². The number of phosphoric acid groups is 1. The van der Waals surface area contributed by atoms with E-state index < -0.39 is 31.3 Å². The minimum Gasteiger partial charge on any atom is -0.382 e. The number of hydrogen-bond donors (Lipinski definition) is 2. The van der Waals surface area contributed by atoms with Gasteiger partial charge in [0.25, 0.3) is 0 Å². The molecule has 0 radical (unpaired) electrons. The Hall–Kier alpha value is -2.09. The Bertz CT molecular complexity index is 958. The smallest absolute Gasteiger partial charge is 0.382 e. The van der Waals surface area contributed by atoms with E-state index in [4.69, 9.17) is 15.0 Å². The SMILES string of the molecule is C[C@@]1(F)[C@@H]2OP(=O)(O)OC[C@H]2O[C@@]1(C#N)c1ccc2c(N)ncnn12. The molecule has 2 aromatic rings. The first kappa shape index (κ1) is 16.4. The number of halogens is 1. The molecule has 0 aromatic carbocycles. The fourth-order valence-electron chi connectivity index (χ4n) is 3.31. The summed E-state index contributed by atoms with van der Waals surface area (Å²) in [5.41, 5.74) is 1.58. The maximum Gasteiger partial charge on any atom is 0.472 e. The summed E-state index contributed by atoms with van der Waals surface area (Å²) in [5, 5.41) is 13.8. The van der Waals surface area contributed by atoms with Gasteiger partial charge in [0.05, 0.1) is 12.3 Å². The van der Waals surface area contributed by atoms with E-state index in [2.05, 4.69) is 14.6 Å². The summed E-state index contributed by atoms with van der Waals surface area (Å²) in [7, 11) is -4.42. The molecule has 25 heavy (non-hydrogen) atoms. The molecule has 4 rings (SSSR count). The highest BCUT2D eigenvalue weighted by Crippen LogP contribution is 2.59. The van der Waals surface area contributed by atoms with E-state index in [9.17, 15) is 14.7 Å². The minimum atomic E-state index is -4.42. The van der Waals surface area contributed by atoms with Crippen LogP contribution < -0.4 is 5.73 Å².